The van der Waals surface area contributed by atoms with Gasteiger partial charge in [0.05, 0.1) is 16.9 Å². The Hall–Kier alpha value is -3.10. The highest BCUT2D eigenvalue weighted by atomic mass is 19.4. The molecule has 2 aliphatic heterocycles. The summed E-state index contributed by atoms with van der Waals surface area (Å²) in [6.45, 7) is 3.67. The Bertz CT molecular complexity index is 1010. The van der Waals surface area contributed by atoms with Crippen molar-refractivity contribution in [3.05, 3.63) is 47.2 Å². The zero-order valence-corrected chi connectivity index (χ0v) is 15.8. The number of nitrogens with zero attached hydrogens (tertiary/aromatic N) is 2. The minimum atomic E-state index is -4.58. The number of hydrogen-bond donors (Lipinski definition) is 2. The molecule has 152 valence electrons. The first-order valence-electron chi connectivity index (χ1n) is 9.17. The van der Waals surface area contributed by atoms with E-state index in [0.717, 1.165) is 28.3 Å². The Labute approximate surface area is 165 Å². The zero-order valence-electron chi connectivity index (χ0n) is 15.8. The molecule has 4 rings (SSSR count). The topological polar surface area (TPSA) is 74.3 Å². The van der Waals surface area contributed by atoms with Crippen molar-refractivity contribution in [1.29, 1.82) is 0 Å². The molecule has 2 N–H and O–H groups in total. The van der Waals surface area contributed by atoms with Crippen LogP contribution >= 0.6 is 0 Å². The van der Waals surface area contributed by atoms with Gasteiger partial charge in [-0.15, -0.1) is 0 Å². The molecular weight excluding hydrogens is 385 g/mol. The highest BCUT2D eigenvalue weighted by Gasteiger charge is 2.47. The summed E-state index contributed by atoms with van der Waals surface area (Å²) in [5.74, 6) is -1.42. The lowest BCUT2D eigenvalue weighted by Crippen LogP contribution is -2.47. The molecule has 1 aromatic carbocycles. The van der Waals surface area contributed by atoms with E-state index >= 15 is 0 Å². The molecule has 1 aromatic heterocycles. The summed E-state index contributed by atoms with van der Waals surface area (Å²) < 4.78 is 39.7. The standard InChI is InChI=1S/C20H19F3N4O2/c1-10-4-3-5-14-17(10)24-9-12-7-16(28)27(18(12)19(29)26-14)15-8-13(20(21,22)23)6-11(2)25-15/h3-6,8,12,18,24H,7,9H2,1-2H3,(H,26,29)/t12-,18+/m1/s1. The van der Waals surface area contributed by atoms with Crippen LogP contribution in [0.25, 0.3) is 0 Å². The molecular formula is C20H19F3N4O2. The van der Waals surface area contributed by atoms with Crippen LogP contribution in [-0.4, -0.2) is 29.4 Å². The Morgan fingerprint density at radius 2 is 1.93 bits per heavy atom. The second-order valence-corrected chi connectivity index (χ2v) is 7.39. The largest absolute Gasteiger partial charge is 0.416 e. The molecule has 2 aliphatic rings. The minimum absolute atomic E-state index is 0.0449. The van der Waals surface area contributed by atoms with Gasteiger partial charge in [0.1, 0.15) is 11.9 Å². The summed E-state index contributed by atoms with van der Waals surface area (Å²) in [6, 6.07) is 6.23. The molecule has 1 saturated heterocycles. The molecule has 1 fully saturated rings. The van der Waals surface area contributed by atoms with Crippen molar-refractivity contribution in [3.8, 4) is 0 Å². The average molecular weight is 404 g/mol. The third kappa shape index (κ3) is 3.41. The van der Waals surface area contributed by atoms with Crippen LogP contribution in [0.15, 0.2) is 30.3 Å². The molecule has 3 heterocycles. The average Bonchev–Trinajstić information content (AvgIpc) is 2.94. The van der Waals surface area contributed by atoms with Crippen LogP contribution in [0, 0.1) is 19.8 Å². The van der Waals surface area contributed by atoms with E-state index in [0.29, 0.717) is 12.2 Å². The molecule has 2 amide bonds. The van der Waals surface area contributed by atoms with Crippen molar-refractivity contribution < 1.29 is 22.8 Å². The molecule has 0 saturated carbocycles. The van der Waals surface area contributed by atoms with Gasteiger partial charge in [-0.25, -0.2) is 4.98 Å². The summed E-state index contributed by atoms with van der Waals surface area (Å²) in [5, 5.41) is 6.08. The van der Waals surface area contributed by atoms with Gasteiger partial charge >= 0.3 is 6.18 Å². The number of aromatic nitrogens is 1. The normalized spacial score (nSPS) is 21.6. The molecule has 2 aromatic rings. The molecule has 29 heavy (non-hydrogen) atoms. The molecule has 9 heteroatoms. The summed E-state index contributed by atoms with van der Waals surface area (Å²) in [7, 11) is 0. The van der Waals surface area contributed by atoms with Gasteiger partial charge in [0.15, 0.2) is 0 Å². The minimum Gasteiger partial charge on any atom is -0.383 e. The van der Waals surface area contributed by atoms with E-state index in [-0.39, 0.29) is 17.9 Å². The highest BCUT2D eigenvalue weighted by molar-refractivity contribution is 6.09. The smallest absolute Gasteiger partial charge is 0.383 e. The van der Waals surface area contributed by atoms with Crippen LogP contribution in [0.3, 0.4) is 0 Å². The lowest BCUT2D eigenvalue weighted by Gasteiger charge is -2.30. The number of para-hydroxylation sites is 1. The summed E-state index contributed by atoms with van der Waals surface area (Å²) >= 11 is 0. The van der Waals surface area contributed by atoms with E-state index in [4.69, 9.17) is 0 Å². The van der Waals surface area contributed by atoms with Gasteiger partial charge < -0.3 is 10.6 Å². The predicted molar refractivity (Wildman–Crippen MR) is 102 cm³/mol. The zero-order chi connectivity index (χ0) is 20.9. The molecule has 2 atom stereocenters. The van der Waals surface area contributed by atoms with Crippen molar-refractivity contribution in [3.63, 3.8) is 0 Å². The van der Waals surface area contributed by atoms with E-state index < -0.39 is 35.5 Å². The number of rotatable bonds is 1. The van der Waals surface area contributed by atoms with Crippen LogP contribution in [0.1, 0.15) is 23.2 Å². The fourth-order valence-electron chi connectivity index (χ4n) is 3.97. The fourth-order valence-corrected chi connectivity index (χ4v) is 3.97. The Morgan fingerprint density at radius 3 is 2.66 bits per heavy atom. The number of fused-ring (bicyclic) bond motifs is 2. The van der Waals surface area contributed by atoms with Crippen molar-refractivity contribution in [2.75, 3.05) is 22.1 Å². The lowest BCUT2D eigenvalue weighted by atomic mass is 9.97. The number of nitrogens with one attached hydrogen (secondary N) is 2. The number of benzene rings is 1. The summed E-state index contributed by atoms with van der Waals surface area (Å²) in [6.07, 6.45) is -4.53. The van der Waals surface area contributed by atoms with Gasteiger partial charge in [0.2, 0.25) is 11.8 Å². The molecule has 0 unspecified atom stereocenters. The van der Waals surface area contributed by atoms with Gasteiger partial charge in [-0.1, -0.05) is 12.1 Å². The van der Waals surface area contributed by atoms with Crippen LogP contribution in [-0.2, 0) is 15.8 Å². The molecule has 0 bridgehead atoms. The highest BCUT2D eigenvalue weighted by Crippen LogP contribution is 2.38. The van der Waals surface area contributed by atoms with E-state index in [1.54, 1.807) is 12.1 Å². The number of hydrogen-bond acceptors (Lipinski definition) is 4. The maximum absolute atomic E-state index is 13.2. The number of amides is 2. The first kappa shape index (κ1) is 19.2. The number of carbonyl (C=O) groups is 2. The number of anilines is 3. The number of pyridine rings is 1. The lowest BCUT2D eigenvalue weighted by molar-refractivity contribution is -0.137. The summed E-state index contributed by atoms with van der Waals surface area (Å²) in [5.41, 5.74) is 1.51. The van der Waals surface area contributed by atoms with Crippen LogP contribution < -0.4 is 15.5 Å². The first-order chi connectivity index (χ1) is 13.6. The SMILES string of the molecule is Cc1cc(C(F)(F)F)cc(N2C(=O)C[C@@H]3CNc4c(C)cccc4NC(=O)[C@H]32)n1. The summed E-state index contributed by atoms with van der Waals surface area (Å²) in [4.78, 5) is 31.0. The van der Waals surface area contributed by atoms with Crippen molar-refractivity contribution in [2.45, 2.75) is 32.5 Å². The number of carbonyl (C=O) groups excluding carboxylic acids is 2. The fraction of sp³-hybridized carbons (Fsp3) is 0.350. The van der Waals surface area contributed by atoms with E-state index in [1.807, 2.05) is 13.0 Å². The van der Waals surface area contributed by atoms with Gasteiger partial charge in [-0.2, -0.15) is 13.2 Å². The van der Waals surface area contributed by atoms with E-state index in [2.05, 4.69) is 15.6 Å². The molecule has 0 radical (unpaired) electrons. The van der Waals surface area contributed by atoms with E-state index in [9.17, 15) is 22.8 Å². The van der Waals surface area contributed by atoms with Crippen LogP contribution in [0.4, 0.5) is 30.4 Å². The number of aryl methyl sites for hydroxylation is 2. The molecule has 0 aliphatic carbocycles. The third-order valence-electron chi connectivity index (χ3n) is 5.28. The maximum Gasteiger partial charge on any atom is 0.416 e. The Morgan fingerprint density at radius 1 is 1.17 bits per heavy atom. The van der Waals surface area contributed by atoms with Gasteiger partial charge in [-0.3, -0.25) is 14.5 Å². The maximum atomic E-state index is 13.2. The van der Waals surface area contributed by atoms with Crippen molar-refractivity contribution in [2.24, 2.45) is 5.92 Å². The van der Waals surface area contributed by atoms with Gasteiger partial charge in [-0.05, 0) is 37.6 Å². The molecule has 0 spiro atoms. The van der Waals surface area contributed by atoms with E-state index in [1.165, 1.54) is 6.92 Å². The second kappa shape index (κ2) is 6.75. The van der Waals surface area contributed by atoms with Gasteiger partial charge in [0.25, 0.3) is 0 Å². The van der Waals surface area contributed by atoms with Crippen LogP contribution in [0.5, 0.6) is 0 Å². The molecule has 6 nitrogen and oxygen atoms in total. The predicted octanol–water partition coefficient (Wildman–Crippen LogP) is 3.50. The quantitative estimate of drug-likeness (QED) is 0.763. The van der Waals surface area contributed by atoms with Gasteiger partial charge in [0, 0.05) is 24.6 Å². The monoisotopic (exact) mass is 404 g/mol. The number of halogens is 3. The second-order valence-electron chi connectivity index (χ2n) is 7.39. The third-order valence-corrected chi connectivity index (χ3v) is 5.28. The Kier molecular flexibility index (Phi) is 4.48. The first-order valence-corrected chi connectivity index (χ1v) is 9.17. The number of alkyl halides is 3. The van der Waals surface area contributed by atoms with Crippen molar-refractivity contribution >= 4 is 29.0 Å². The Balaban J connectivity index is 1.75. The van der Waals surface area contributed by atoms with Crippen LogP contribution in [0.2, 0.25) is 0 Å². The van der Waals surface area contributed by atoms with Crippen molar-refractivity contribution in [1.82, 2.24) is 4.98 Å².